The van der Waals surface area contributed by atoms with Crippen molar-refractivity contribution in [2.24, 2.45) is 0 Å². The number of hydrogen-bond acceptors (Lipinski definition) is 4. The molecule has 0 saturated carbocycles. The van der Waals surface area contributed by atoms with Gasteiger partial charge in [0, 0.05) is 19.4 Å². The number of nitrogens with one attached hydrogen (secondary N) is 1. The Labute approximate surface area is 101 Å². The van der Waals surface area contributed by atoms with Crippen molar-refractivity contribution in [3.05, 3.63) is 42.2 Å². The quantitative estimate of drug-likeness (QED) is 0.875. The molecule has 4 nitrogen and oxygen atoms in total. The maximum absolute atomic E-state index is 5.66. The van der Waals surface area contributed by atoms with Crippen molar-refractivity contribution in [2.75, 3.05) is 12.4 Å². The summed E-state index contributed by atoms with van der Waals surface area (Å²) < 4.78 is 5.66. The lowest BCUT2D eigenvalue weighted by atomic mass is 10.2. The van der Waals surface area contributed by atoms with Crippen molar-refractivity contribution in [3.63, 3.8) is 0 Å². The minimum atomic E-state index is 0.485. The van der Waals surface area contributed by atoms with Crippen LogP contribution in [0.5, 0.6) is 11.6 Å². The summed E-state index contributed by atoms with van der Waals surface area (Å²) in [5.74, 6) is 1.88. The van der Waals surface area contributed by atoms with Gasteiger partial charge in [-0.1, -0.05) is 19.1 Å². The van der Waals surface area contributed by atoms with Gasteiger partial charge in [0.1, 0.15) is 5.75 Å². The first-order chi connectivity index (χ1) is 8.33. The predicted molar refractivity (Wildman–Crippen MR) is 67.5 cm³/mol. The summed E-state index contributed by atoms with van der Waals surface area (Å²) in [4.78, 5) is 8.27. The molecule has 0 saturated heterocycles. The zero-order chi connectivity index (χ0) is 12.1. The summed E-state index contributed by atoms with van der Waals surface area (Å²) in [6.07, 6.45) is 4.25. The standard InChI is InChI=1S/C13H15N3O/c1-3-10-4-6-11(7-5-10)17-13-12(14-2)15-8-9-16-13/h4-9H,3H2,1-2H3,(H,14,15). The van der Waals surface area contributed by atoms with E-state index >= 15 is 0 Å². The molecule has 1 aromatic heterocycles. The van der Waals surface area contributed by atoms with E-state index in [1.165, 1.54) is 5.56 Å². The van der Waals surface area contributed by atoms with Crippen LogP contribution in [0.4, 0.5) is 5.82 Å². The van der Waals surface area contributed by atoms with Crippen LogP contribution in [0.3, 0.4) is 0 Å². The van der Waals surface area contributed by atoms with Crippen molar-refractivity contribution >= 4 is 5.82 Å². The highest BCUT2D eigenvalue weighted by molar-refractivity contribution is 5.46. The number of ether oxygens (including phenoxy) is 1. The van der Waals surface area contributed by atoms with E-state index in [0.717, 1.165) is 12.2 Å². The summed E-state index contributed by atoms with van der Waals surface area (Å²) in [6, 6.07) is 7.97. The number of rotatable bonds is 4. The van der Waals surface area contributed by atoms with Gasteiger partial charge in [0.25, 0.3) is 5.88 Å². The minimum absolute atomic E-state index is 0.485. The van der Waals surface area contributed by atoms with Gasteiger partial charge in [0.05, 0.1) is 0 Å². The first kappa shape index (κ1) is 11.4. The van der Waals surface area contributed by atoms with Gasteiger partial charge in [-0.25, -0.2) is 9.97 Å². The Hall–Kier alpha value is -2.10. The molecule has 0 aliphatic carbocycles. The van der Waals surface area contributed by atoms with Crippen LogP contribution >= 0.6 is 0 Å². The number of benzene rings is 1. The second-order valence-corrected chi connectivity index (χ2v) is 3.56. The summed E-state index contributed by atoms with van der Waals surface area (Å²) in [6.45, 7) is 2.12. The van der Waals surface area contributed by atoms with Crippen molar-refractivity contribution in [3.8, 4) is 11.6 Å². The molecule has 0 unspecified atom stereocenters. The molecule has 4 heteroatoms. The van der Waals surface area contributed by atoms with Crippen LogP contribution < -0.4 is 10.1 Å². The van der Waals surface area contributed by atoms with E-state index in [1.54, 1.807) is 19.4 Å². The van der Waals surface area contributed by atoms with Gasteiger partial charge in [0.15, 0.2) is 5.82 Å². The first-order valence-corrected chi connectivity index (χ1v) is 5.59. The molecular weight excluding hydrogens is 214 g/mol. The van der Waals surface area contributed by atoms with Gasteiger partial charge in [-0.15, -0.1) is 0 Å². The Morgan fingerprint density at radius 1 is 1.12 bits per heavy atom. The zero-order valence-corrected chi connectivity index (χ0v) is 9.97. The topological polar surface area (TPSA) is 47.0 Å². The molecule has 0 bridgehead atoms. The van der Waals surface area contributed by atoms with Crippen LogP contribution in [0.2, 0.25) is 0 Å². The van der Waals surface area contributed by atoms with Gasteiger partial charge in [-0.05, 0) is 24.1 Å². The average Bonchev–Trinajstić information content (AvgIpc) is 2.40. The number of aromatic nitrogens is 2. The molecule has 0 amide bonds. The third-order valence-electron chi connectivity index (χ3n) is 2.45. The maximum atomic E-state index is 5.66. The van der Waals surface area contributed by atoms with Crippen LogP contribution in [0.25, 0.3) is 0 Å². The summed E-state index contributed by atoms with van der Waals surface area (Å²) in [7, 11) is 1.79. The Bertz CT molecular complexity index is 482. The monoisotopic (exact) mass is 229 g/mol. The number of aryl methyl sites for hydroxylation is 1. The molecule has 0 aliphatic rings. The molecule has 0 spiro atoms. The second-order valence-electron chi connectivity index (χ2n) is 3.56. The van der Waals surface area contributed by atoms with Crippen molar-refractivity contribution in [1.29, 1.82) is 0 Å². The van der Waals surface area contributed by atoms with Crippen molar-refractivity contribution < 1.29 is 4.74 Å². The van der Waals surface area contributed by atoms with Crippen LogP contribution in [0, 0.1) is 0 Å². The summed E-state index contributed by atoms with van der Waals surface area (Å²) >= 11 is 0. The highest BCUT2D eigenvalue weighted by Crippen LogP contribution is 2.24. The lowest BCUT2D eigenvalue weighted by molar-refractivity contribution is 0.462. The zero-order valence-electron chi connectivity index (χ0n) is 9.97. The van der Waals surface area contributed by atoms with Crippen LogP contribution in [0.15, 0.2) is 36.7 Å². The fourth-order valence-electron chi connectivity index (χ4n) is 1.48. The van der Waals surface area contributed by atoms with Crippen molar-refractivity contribution in [1.82, 2.24) is 9.97 Å². The molecule has 1 aromatic carbocycles. The minimum Gasteiger partial charge on any atom is -0.436 e. The number of hydrogen-bond donors (Lipinski definition) is 1. The third kappa shape index (κ3) is 2.72. The number of nitrogens with zero attached hydrogens (tertiary/aromatic N) is 2. The molecule has 0 atom stereocenters. The maximum Gasteiger partial charge on any atom is 0.262 e. The number of anilines is 1. The van der Waals surface area contributed by atoms with Gasteiger partial charge in [-0.3, -0.25) is 0 Å². The molecular formula is C13H15N3O. The predicted octanol–water partition coefficient (Wildman–Crippen LogP) is 2.87. The van der Waals surface area contributed by atoms with E-state index in [0.29, 0.717) is 11.7 Å². The fourth-order valence-corrected chi connectivity index (χ4v) is 1.48. The molecule has 1 N–H and O–H groups in total. The molecule has 2 aromatic rings. The lowest BCUT2D eigenvalue weighted by Crippen LogP contribution is -1.98. The molecule has 0 fully saturated rings. The van der Waals surface area contributed by atoms with Crippen LogP contribution in [-0.4, -0.2) is 17.0 Å². The largest absolute Gasteiger partial charge is 0.436 e. The van der Waals surface area contributed by atoms with Gasteiger partial charge >= 0.3 is 0 Å². The van der Waals surface area contributed by atoms with E-state index in [2.05, 4.69) is 22.2 Å². The van der Waals surface area contributed by atoms with Gasteiger partial charge in [-0.2, -0.15) is 0 Å². The highest BCUT2D eigenvalue weighted by atomic mass is 16.5. The molecule has 0 aliphatic heterocycles. The Balaban J connectivity index is 2.19. The summed E-state index contributed by atoms with van der Waals surface area (Å²) in [5, 5.41) is 2.94. The summed E-state index contributed by atoms with van der Waals surface area (Å²) in [5.41, 5.74) is 1.28. The second kappa shape index (κ2) is 5.30. The van der Waals surface area contributed by atoms with E-state index < -0.39 is 0 Å². The lowest BCUT2D eigenvalue weighted by Gasteiger charge is -2.08. The highest BCUT2D eigenvalue weighted by Gasteiger charge is 2.05. The van der Waals surface area contributed by atoms with Crippen molar-refractivity contribution in [2.45, 2.75) is 13.3 Å². The van der Waals surface area contributed by atoms with Crippen LogP contribution in [-0.2, 0) is 6.42 Å². The van der Waals surface area contributed by atoms with E-state index in [-0.39, 0.29) is 0 Å². The molecule has 1 heterocycles. The Morgan fingerprint density at radius 3 is 2.47 bits per heavy atom. The molecule has 2 rings (SSSR count). The van der Waals surface area contributed by atoms with E-state index in [4.69, 9.17) is 4.74 Å². The Kier molecular flexibility index (Phi) is 3.55. The molecule has 0 radical (unpaired) electrons. The first-order valence-electron chi connectivity index (χ1n) is 5.59. The third-order valence-corrected chi connectivity index (χ3v) is 2.45. The van der Waals surface area contributed by atoms with E-state index in [9.17, 15) is 0 Å². The van der Waals surface area contributed by atoms with Crippen LogP contribution in [0.1, 0.15) is 12.5 Å². The molecule has 17 heavy (non-hydrogen) atoms. The SMILES string of the molecule is CCc1ccc(Oc2nccnc2NC)cc1. The smallest absolute Gasteiger partial charge is 0.262 e. The van der Waals surface area contributed by atoms with Gasteiger partial charge < -0.3 is 10.1 Å². The average molecular weight is 229 g/mol. The normalized spacial score (nSPS) is 10.0. The molecule has 88 valence electrons. The van der Waals surface area contributed by atoms with Gasteiger partial charge in [0.2, 0.25) is 0 Å². The van der Waals surface area contributed by atoms with E-state index in [1.807, 2.05) is 24.3 Å². The fraction of sp³-hybridized carbons (Fsp3) is 0.231. The Morgan fingerprint density at radius 2 is 1.82 bits per heavy atom.